The van der Waals surface area contributed by atoms with E-state index >= 15 is 0 Å². The molecule has 348 valence electrons. The van der Waals surface area contributed by atoms with Gasteiger partial charge in [-0.3, -0.25) is 0 Å². The van der Waals surface area contributed by atoms with Crippen LogP contribution in [0.3, 0.4) is 0 Å². The molecule has 0 saturated carbocycles. The van der Waals surface area contributed by atoms with Crippen LogP contribution in [-0.4, -0.2) is 9.55 Å². The summed E-state index contributed by atoms with van der Waals surface area (Å²) in [5, 5.41) is 12.2. The minimum atomic E-state index is 1.10. The first-order valence-corrected chi connectivity index (χ1v) is 28.3. The maximum absolute atomic E-state index is 3.52. The summed E-state index contributed by atoms with van der Waals surface area (Å²) in [7, 11) is 0. The van der Waals surface area contributed by atoms with Gasteiger partial charge in [-0.1, -0.05) is 149 Å². The van der Waals surface area contributed by atoms with E-state index in [-0.39, 0.29) is 0 Å². The zero-order valence-electron chi connectivity index (χ0n) is 38.9. The third-order valence-corrected chi connectivity index (χ3v) is 18.3. The average molecular weight is 1070 g/mol. The lowest BCUT2D eigenvalue weighted by atomic mass is 10.1. The van der Waals surface area contributed by atoms with Crippen molar-refractivity contribution in [2.24, 2.45) is 0 Å². The standard InChI is InChI=1S/C32H20N2S2.C18H12BrNS.C14H9NS/c1-2-8-26-24(7-1)25-18-13-21-19-20-35-32(21)31(25)34(26)23-16-14-22(15-17-23)33-27-9-3-5-11-29(27)36-30-12-6-4-10-28(30)33;19-13-9-11-14(12-10-13)20-15-5-1-3-7-17(15)21-18-8-4-2-6-16(18)20;1-2-4-12-10(3-1)11-6-5-9-7-8-16-14(9)13(11)15-12/h1-20H;1-12H;1-8,15H. The molecule has 0 amide bonds. The van der Waals surface area contributed by atoms with E-state index in [2.05, 4.69) is 277 Å². The van der Waals surface area contributed by atoms with Gasteiger partial charge in [0.1, 0.15) is 0 Å². The third kappa shape index (κ3) is 7.73. The zero-order valence-corrected chi connectivity index (χ0v) is 43.8. The van der Waals surface area contributed by atoms with Crippen LogP contribution in [0.2, 0.25) is 0 Å². The van der Waals surface area contributed by atoms with E-state index in [1.54, 1.807) is 11.3 Å². The molecular formula is C64H41BrN4S4. The number of aromatic amines is 1. The minimum absolute atomic E-state index is 1.10. The zero-order chi connectivity index (χ0) is 48.4. The topological polar surface area (TPSA) is 27.2 Å². The van der Waals surface area contributed by atoms with Gasteiger partial charge in [-0.15, -0.1) is 22.7 Å². The van der Waals surface area contributed by atoms with Gasteiger partial charge in [0.15, 0.2) is 0 Å². The first kappa shape index (κ1) is 44.2. The molecular weight excluding hydrogens is 1030 g/mol. The van der Waals surface area contributed by atoms with Crippen molar-refractivity contribution in [3.8, 4) is 5.69 Å². The molecule has 2 aliphatic rings. The molecule has 0 radical (unpaired) electrons. The summed E-state index contributed by atoms with van der Waals surface area (Å²) in [5.41, 5.74) is 13.5. The van der Waals surface area contributed by atoms with Gasteiger partial charge in [0.05, 0.1) is 48.7 Å². The highest BCUT2D eigenvalue weighted by Crippen LogP contribution is 2.53. The Kier molecular flexibility index (Phi) is 11.2. The second-order valence-electron chi connectivity index (χ2n) is 17.9. The number of hydrogen-bond acceptors (Lipinski definition) is 6. The van der Waals surface area contributed by atoms with Gasteiger partial charge >= 0.3 is 0 Å². The number of rotatable bonds is 3. The maximum atomic E-state index is 3.52. The molecule has 0 bridgehead atoms. The summed E-state index contributed by atoms with van der Waals surface area (Å²) in [6.45, 7) is 0. The Morgan fingerprint density at radius 1 is 0.356 bits per heavy atom. The summed E-state index contributed by atoms with van der Waals surface area (Å²) in [6, 6.07) is 82.5. The summed E-state index contributed by atoms with van der Waals surface area (Å²) in [6.07, 6.45) is 0. The normalized spacial score (nSPS) is 12.6. The summed E-state index contributed by atoms with van der Waals surface area (Å²) in [4.78, 5) is 13.4. The van der Waals surface area contributed by atoms with Gasteiger partial charge in [-0.25, -0.2) is 0 Å². The predicted molar refractivity (Wildman–Crippen MR) is 319 cm³/mol. The lowest BCUT2D eigenvalue weighted by Gasteiger charge is -2.32. The van der Waals surface area contributed by atoms with Crippen molar-refractivity contribution in [1.82, 2.24) is 9.55 Å². The number of benzene rings is 10. The van der Waals surface area contributed by atoms with Crippen LogP contribution in [0.1, 0.15) is 0 Å². The average Bonchev–Trinajstić information content (AvgIpc) is 4.27. The Labute approximate surface area is 446 Å². The molecule has 0 saturated heterocycles. The third-order valence-electron chi connectivity index (χ3n) is 13.7. The molecule has 4 aromatic heterocycles. The quantitative estimate of drug-likeness (QED) is 0.191. The van der Waals surface area contributed by atoms with E-state index in [0.717, 1.165) is 4.47 Å². The molecule has 0 aliphatic carbocycles. The first-order chi connectivity index (χ1) is 36.1. The Morgan fingerprint density at radius 2 is 0.808 bits per heavy atom. The van der Waals surface area contributed by atoms with Gasteiger partial charge in [-0.2, -0.15) is 0 Å². The molecule has 14 aromatic rings. The van der Waals surface area contributed by atoms with Crippen LogP contribution in [0.5, 0.6) is 0 Å². The van der Waals surface area contributed by atoms with Crippen molar-refractivity contribution in [2.45, 2.75) is 19.6 Å². The Morgan fingerprint density at radius 3 is 1.40 bits per heavy atom. The minimum Gasteiger partial charge on any atom is -0.353 e. The van der Waals surface area contributed by atoms with E-state index < -0.39 is 0 Å². The Balaban J connectivity index is 0.000000112. The molecule has 10 aromatic carbocycles. The number of para-hydroxylation sites is 6. The highest BCUT2D eigenvalue weighted by molar-refractivity contribution is 9.10. The molecule has 2 aliphatic heterocycles. The number of hydrogen-bond donors (Lipinski definition) is 1. The van der Waals surface area contributed by atoms with Crippen molar-refractivity contribution < 1.29 is 0 Å². The molecule has 1 N–H and O–H groups in total. The van der Waals surface area contributed by atoms with Gasteiger partial charge in [0.25, 0.3) is 0 Å². The van der Waals surface area contributed by atoms with Crippen molar-refractivity contribution in [3.05, 3.63) is 246 Å². The van der Waals surface area contributed by atoms with Gasteiger partial charge in [-0.05, 0) is 143 Å². The van der Waals surface area contributed by atoms with Gasteiger partial charge in [0, 0.05) is 68.2 Å². The number of thiophene rings is 2. The lowest BCUT2D eigenvalue weighted by molar-refractivity contribution is 1.15. The van der Waals surface area contributed by atoms with E-state index in [9.17, 15) is 0 Å². The van der Waals surface area contributed by atoms with Crippen LogP contribution in [0, 0.1) is 0 Å². The summed E-state index contributed by atoms with van der Waals surface area (Å²) < 4.78 is 6.22. The number of anilines is 6. The van der Waals surface area contributed by atoms with Crippen LogP contribution >= 0.6 is 62.1 Å². The van der Waals surface area contributed by atoms with Crippen molar-refractivity contribution in [1.29, 1.82) is 0 Å². The van der Waals surface area contributed by atoms with E-state index in [4.69, 9.17) is 0 Å². The maximum Gasteiger partial charge on any atom is 0.0719 e. The molecule has 0 atom stereocenters. The first-order valence-electron chi connectivity index (χ1n) is 24.1. The molecule has 16 rings (SSSR count). The Hall–Kier alpha value is -7.50. The van der Waals surface area contributed by atoms with Crippen LogP contribution < -0.4 is 9.80 Å². The SMILES string of the molecule is Brc1ccc(N2c3ccccc3Sc3ccccc32)cc1.c1ccc2c(c1)Sc1ccccc1N2c1ccc(-n2c3ccccc3c3ccc4ccsc4c32)cc1.c1ccc2c(c1)[nH]c1c2ccc2ccsc21. The van der Waals surface area contributed by atoms with Gasteiger partial charge < -0.3 is 19.4 Å². The largest absolute Gasteiger partial charge is 0.353 e. The number of nitrogens with zero attached hydrogens (tertiary/aromatic N) is 3. The highest BCUT2D eigenvalue weighted by atomic mass is 79.9. The predicted octanol–water partition coefficient (Wildman–Crippen LogP) is 20.9. The molecule has 0 unspecified atom stereocenters. The van der Waals surface area contributed by atoms with Crippen molar-refractivity contribution in [3.63, 3.8) is 0 Å². The number of nitrogens with one attached hydrogen (secondary N) is 1. The fourth-order valence-electron chi connectivity index (χ4n) is 10.4. The molecule has 9 heteroatoms. The van der Waals surface area contributed by atoms with Gasteiger partial charge in [0.2, 0.25) is 0 Å². The summed E-state index contributed by atoms with van der Waals surface area (Å²) >= 11 is 10.8. The number of H-pyrrole nitrogens is 1. The van der Waals surface area contributed by atoms with E-state index in [0.29, 0.717) is 0 Å². The second-order valence-corrected chi connectivity index (χ2v) is 22.8. The second kappa shape index (κ2) is 18.5. The van der Waals surface area contributed by atoms with Crippen molar-refractivity contribution >= 4 is 160 Å². The fourth-order valence-corrected chi connectivity index (χ4v) is 14.6. The number of halogens is 1. The smallest absolute Gasteiger partial charge is 0.0719 e. The van der Waals surface area contributed by atoms with Crippen LogP contribution in [0.15, 0.2) is 265 Å². The summed E-state index contributed by atoms with van der Waals surface area (Å²) in [5.74, 6) is 0. The van der Waals surface area contributed by atoms with E-state index in [1.165, 1.54) is 123 Å². The molecule has 73 heavy (non-hydrogen) atoms. The molecule has 6 heterocycles. The van der Waals surface area contributed by atoms with Crippen LogP contribution in [0.25, 0.3) is 69.5 Å². The molecule has 0 fully saturated rings. The van der Waals surface area contributed by atoms with Crippen LogP contribution in [0.4, 0.5) is 34.1 Å². The number of fused-ring (bicyclic) bond motifs is 14. The molecule has 4 nitrogen and oxygen atoms in total. The lowest BCUT2D eigenvalue weighted by Crippen LogP contribution is -2.14. The number of aromatic nitrogens is 2. The molecule has 0 spiro atoms. The van der Waals surface area contributed by atoms with Crippen LogP contribution in [-0.2, 0) is 0 Å². The Bertz CT molecular complexity index is 4290. The van der Waals surface area contributed by atoms with E-state index in [1.807, 2.05) is 34.9 Å². The monoisotopic (exact) mass is 1070 g/mol. The van der Waals surface area contributed by atoms with Crippen molar-refractivity contribution in [2.75, 3.05) is 9.80 Å². The fraction of sp³-hybridized carbons (Fsp3) is 0. The highest BCUT2D eigenvalue weighted by Gasteiger charge is 2.26.